The van der Waals surface area contributed by atoms with Crippen LogP contribution in [0, 0.1) is 5.92 Å². The van der Waals surface area contributed by atoms with Crippen molar-refractivity contribution in [2.24, 2.45) is 11.7 Å². The van der Waals surface area contributed by atoms with Crippen LogP contribution >= 0.6 is 0 Å². The molecular formula is C13H28N2. The van der Waals surface area contributed by atoms with Gasteiger partial charge >= 0.3 is 0 Å². The molecular weight excluding hydrogens is 184 g/mol. The topological polar surface area (TPSA) is 29.3 Å². The predicted octanol–water partition coefficient (Wildman–Crippen LogP) is 2.62. The molecule has 0 saturated carbocycles. The highest BCUT2D eigenvalue weighted by atomic mass is 15.2. The van der Waals surface area contributed by atoms with E-state index in [1.165, 1.54) is 25.7 Å². The van der Waals surface area contributed by atoms with Crippen LogP contribution in [0.4, 0.5) is 0 Å². The third-order valence-electron chi connectivity index (χ3n) is 4.24. The van der Waals surface area contributed by atoms with E-state index >= 15 is 0 Å². The summed E-state index contributed by atoms with van der Waals surface area (Å²) in [4.78, 5) is 2.70. The lowest BCUT2D eigenvalue weighted by Gasteiger charge is -2.38. The minimum absolute atomic E-state index is 0.595. The maximum absolute atomic E-state index is 5.97. The van der Waals surface area contributed by atoms with Gasteiger partial charge < -0.3 is 5.73 Å². The van der Waals surface area contributed by atoms with Crippen LogP contribution in [0.3, 0.4) is 0 Å². The fourth-order valence-electron chi connectivity index (χ4n) is 3.02. The van der Waals surface area contributed by atoms with Gasteiger partial charge in [-0.1, -0.05) is 27.2 Å². The van der Waals surface area contributed by atoms with Gasteiger partial charge in [-0.2, -0.15) is 0 Å². The van der Waals surface area contributed by atoms with Gasteiger partial charge in [0.05, 0.1) is 0 Å². The second-order valence-corrected chi connectivity index (χ2v) is 5.12. The van der Waals surface area contributed by atoms with Crippen molar-refractivity contribution < 1.29 is 0 Å². The molecule has 1 aliphatic rings. The average molecular weight is 212 g/mol. The van der Waals surface area contributed by atoms with Crippen molar-refractivity contribution in [1.82, 2.24) is 4.90 Å². The average Bonchev–Trinajstić information content (AvgIpc) is 2.61. The van der Waals surface area contributed by atoms with Crippen molar-refractivity contribution in [3.63, 3.8) is 0 Å². The SMILES string of the molecule is CCC(C)C(CN)N1C(C)CCC1CC. The van der Waals surface area contributed by atoms with Crippen LogP contribution in [0.15, 0.2) is 0 Å². The Morgan fingerprint density at radius 2 is 2.00 bits per heavy atom. The normalized spacial score (nSPS) is 31.8. The molecule has 1 saturated heterocycles. The largest absolute Gasteiger partial charge is 0.329 e. The summed E-state index contributed by atoms with van der Waals surface area (Å²) >= 11 is 0. The van der Waals surface area contributed by atoms with Crippen LogP contribution in [0.2, 0.25) is 0 Å². The van der Waals surface area contributed by atoms with E-state index in [2.05, 4.69) is 32.6 Å². The van der Waals surface area contributed by atoms with Crippen LogP contribution < -0.4 is 5.73 Å². The van der Waals surface area contributed by atoms with Gasteiger partial charge in [0.15, 0.2) is 0 Å². The smallest absolute Gasteiger partial charge is 0.0249 e. The number of nitrogens with two attached hydrogens (primary N) is 1. The first-order valence-electron chi connectivity index (χ1n) is 6.63. The van der Waals surface area contributed by atoms with Crippen molar-refractivity contribution in [1.29, 1.82) is 0 Å². The van der Waals surface area contributed by atoms with Crippen LogP contribution in [0.5, 0.6) is 0 Å². The van der Waals surface area contributed by atoms with Crippen LogP contribution in [-0.4, -0.2) is 29.6 Å². The van der Waals surface area contributed by atoms with Crippen molar-refractivity contribution in [2.75, 3.05) is 6.54 Å². The number of nitrogens with zero attached hydrogens (tertiary/aromatic N) is 1. The lowest BCUT2D eigenvalue weighted by Crippen LogP contribution is -2.49. The molecule has 2 N–H and O–H groups in total. The number of likely N-dealkylation sites (tertiary alicyclic amines) is 1. The Morgan fingerprint density at radius 3 is 2.47 bits per heavy atom. The molecule has 0 radical (unpaired) electrons. The molecule has 0 amide bonds. The van der Waals surface area contributed by atoms with Gasteiger partial charge in [-0.15, -0.1) is 0 Å². The number of rotatable bonds is 5. The van der Waals surface area contributed by atoms with Crippen LogP contribution in [-0.2, 0) is 0 Å². The molecule has 0 spiro atoms. The molecule has 0 aliphatic carbocycles. The maximum Gasteiger partial charge on any atom is 0.0249 e. The molecule has 1 fully saturated rings. The zero-order valence-electron chi connectivity index (χ0n) is 10.9. The van der Waals surface area contributed by atoms with Gasteiger partial charge in [0.2, 0.25) is 0 Å². The number of hydrogen-bond acceptors (Lipinski definition) is 2. The second kappa shape index (κ2) is 5.86. The number of hydrogen-bond donors (Lipinski definition) is 1. The molecule has 0 aromatic rings. The summed E-state index contributed by atoms with van der Waals surface area (Å²) in [7, 11) is 0. The summed E-state index contributed by atoms with van der Waals surface area (Å²) in [6.45, 7) is 10.1. The lowest BCUT2D eigenvalue weighted by molar-refractivity contribution is 0.0980. The standard InChI is InChI=1S/C13H28N2/c1-5-10(3)13(9-14)15-11(4)7-8-12(15)6-2/h10-13H,5-9,14H2,1-4H3. The minimum Gasteiger partial charge on any atom is -0.329 e. The van der Waals surface area contributed by atoms with E-state index in [0.717, 1.165) is 24.5 Å². The first kappa shape index (κ1) is 13.0. The van der Waals surface area contributed by atoms with Gasteiger partial charge in [-0.3, -0.25) is 4.90 Å². The van der Waals surface area contributed by atoms with Gasteiger partial charge in [0.25, 0.3) is 0 Å². The molecule has 90 valence electrons. The lowest BCUT2D eigenvalue weighted by atomic mass is 9.96. The summed E-state index contributed by atoms with van der Waals surface area (Å²) in [6, 6.07) is 2.11. The zero-order valence-corrected chi connectivity index (χ0v) is 10.9. The summed E-state index contributed by atoms with van der Waals surface area (Å²) in [5.74, 6) is 0.726. The molecule has 1 rings (SSSR count). The van der Waals surface area contributed by atoms with E-state index < -0.39 is 0 Å². The molecule has 0 aromatic heterocycles. The van der Waals surface area contributed by atoms with Crippen molar-refractivity contribution in [3.05, 3.63) is 0 Å². The Balaban J connectivity index is 2.71. The van der Waals surface area contributed by atoms with Gasteiger partial charge in [0.1, 0.15) is 0 Å². The molecule has 0 bridgehead atoms. The first-order valence-corrected chi connectivity index (χ1v) is 6.63. The van der Waals surface area contributed by atoms with E-state index in [4.69, 9.17) is 5.73 Å². The highest BCUT2D eigenvalue weighted by Gasteiger charge is 2.35. The van der Waals surface area contributed by atoms with E-state index in [9.17, 15) is 0 Å². The minimum atomic E-state index is 0.595. The Bertz CT molecular complexity index is 181. The second-order valence-electron chi connectivity index (χ2n) is 5.12. The van der Waals surface area contributed by atoms with E-state index in [-0.39, 0.29) is 0 Å². The Labute approximate surface area is 95.2 Å². The fraction of sp³-hybridized carbons (Fsp3) is 1.00. The summed E-state index contributed by atoms with van der Waals surface area (Å²) < 4.78 is 0. The summed E-state index contributed by atoms with van der Waals surface area (Å²) in [5, 5.41) is 0. The van der Waals surface area contributed by atoms with E-state index in [1.807, 2.05) is 0 Å². The summed E-state index contributed by atoms with van der Waals surface area (Å²) in [6.07, 6.45) is 5.23. The third-order valence-corrected chi connectivity index (χ3v) is 4.24. The first-order chi connectivity index (χ1) is 7.15. The predicted molar refractivity (Wildman–Crippen MR) is 66.9 cm³/mol. The van der Waals surface area contributed by atoms with Crippen molar-refractivity contribution in [2.45, 2.75) is 71.5 Å². The van der Waals surface area contributed by atoms with Crippen molar-refractivity contribution in [3.8, 4) is 0 Å². The van der Waals surface area contributed by atoms with Crippen molar-refractivity contribution >= 4 is 0 Å². The molecule has 15 heavy (non-hydrogen) atoms. The van der Waals surface area contributed by atoms with E-state index in [0.29, 0.717) is 6.04 Å². The monoisotopic (exact) mass is 212 g/mol. The molecule has 1 aliphatic heterocycles. The Hall–Kier alpha value is -0.0800. The van der Waals surface area contributed by atoms with E-state index in [1.54, 1.807) is 0 Å². The Morgan fingerprint density at radius 1 is 1.33 bits per heavy atom. The summed E-state index contributed by atoms with van der Waals surface area (Å²) in [5.41, 5.74) is 5.97. The Kier molecular flexibility index (Phi) is 5.07. The highest BCUT2D eigenvalue weighted by Crippen LogP contribution is 2.31. The zero-order chi connectivity index (χ0) is 11.4. The quantitative estimate of drug-likeness (QED) is 0.759. The molecule has 2 nitrogen and oxygen atoms in total. The third kappa shape index (κ3) is 2.73. The van der Waals surface area contributed by atoms with Gasteiger partial charge in [-0.05, 0) is 32.1 Å². The fourth-order valence-corrected chi connectivity index (χ4v) is 3.02. The van der Waals surface area contributed by atoms with Gasteiger partial charge in [-0.25, -0.2) is 0 Å². The molecule has 4 unspecified atom stereocenters. The maximum atomic E-state index is 5.97. The highest BCUT2D eigenvalue weighted by molar-refractivity contribution is 4.91. The molecule has 0 aromatic carbocycles. The van der Waals surface area contributed by atoms with Gasteiger partial charge in [0, 0.05) is 24.7 Å². The molecule has 2 heteroatoms. The van der Waals surface area contributed by atoms with Crippen LogP contribution in [0.25, 0.3) is 0 Å². The van der Waals surface area contributed by atoms with Crippen LogP contribution in [0.1, 0.15) is 53.4 Å². The molecule has 1 heterocycles. The molecule has 4 atom stereocenters.